The van der Waals surface area contributed by atoms with Crippen LogP contribution in [-0.2, 0) is 9.84 Å². The van der Waals surface area contributed by atoms with E-state index < -0.39 is 9.84 Å². The first kappa shape index (κ1) is 15.1. The van der Waals surface area contributed by atoms with Crippen LogP contribution in [-0.4, -0.2) is 13.4 Å². The average Bonchev–Trinajstić information content (AvgIpc) is 2.97. The van der Waals surface area contributed by atoms with Gasteiger partial charge in [0.1, 0.15) is 10.4 Å². The fourth-order valence-electron chi connectivity index (χ4n) is 2.92. The number of sulfone groups is 1. The first-order valence-corrected chi connectivity index (χ1v) is 9.67. The Bertz CT molecular complexity index is 1180. The highest BCUT2D eigenvalue weighted by molar-refractivity contribution is 7.92. The van der Waals surface area contributed by atoms with Gasteiger partial charge in [-0.1, -0.05) is 42.5 Å². The normalized spacial score (nSPS) is 12.0. The summed E-state index contributed by atoms with van der Waals surface area (Å²) < 4.78 is 27.3. The molecule has 0 saturated carbocycles. The molecule has 1 heterocycles. The predicted molar refractivity (Wildman–Crippen MR) is 98.2 cm³/mol. The fraction of sp³-hybridized carbons (Fsp3) is 0.0556. The van der Waals surface area contributed by atoms with Crippen molar-refractivity contribution < 1.29 is 8.42 Å². The fourth-order valence-corrected chi connectivity index (χ4v) is 5.50. The summed E-state index contributed by atoms with van der Waals surface area (Å²) in [6.07, 6.45) is 0. The van der Waals surface area contributed by atoms with E-state index in [1.54, 1.807) is 30.3 Å². The van der Waals surface area contributed by atoms with Crippen LogP contribution in [0.25, 0.3) is 21.0 Å². The lowest BCUT2D eigenvalue weighted by Gasteiger charge is -2.12. The van der Waals surface area contributed by atoms with Gasteiger partial charge in [-0.2, -0.15) is 0 Å². The molecule has 3 aromatic carbocycles. The number of hydrogen-bond donors (Lipinski definition) is 1. The number of nitrogens with zero attached hydrogens (tertiary/aromatic N) is 1. The topological polar surface area (TPSA) is 73.0 Å². The smallest absolute Gasteiger partial charge is 0.210 e. The van der Waals surface area contributed by atoms with E-state index in [9.17, 15) is 8.42 Å². The van der Waals surface area contributed by atoms with Gasteiger partial charge in [-0.05, 0) is 19.1 Å². The number of rotatable bonds is 2. The molecule has 120 valence electrons. The van der Waals surface area contributed by atoms with Crippen LogP contribution in [0.15, 0.2) is 64.4 Å². The quantitative estimate of drug-likeness (QED) is 0.548. The molecule has 2 N–H and O–H groups in total. The lowest BCUT2D eigenvalue weighted by Crippen LogP contribution is -2.07. The molecule has 0 aliphatic heterocycles. The maximum Gasteiger partial charge on any atom is 0.210 e. The highest BCUT2D eigenvalue weighted by Crippen LogP contribution is 2.41. The number of hydrogen-bond acceptors (Lipinski definition) is 5. The van der Waals surface area contributed by atoms with E-state index in [2.05, 4.69) is 4.98 Å². The number of anilines is 1. The Morgan fingerprint density at radius 2 is 1.58 bits per heavy atom. The van der Waals surface area contributed by atoms with Crippen molar-refractivity contribution in [2.24, 2.45) is 0 Å². The Morgan fingerprint density at radius 1 is 0.958 bits per heavy atom. The Labute approximate surface area is 143 Å². The number of benzene rings is 3. The van der Waals surface area contributed by atoms with E-state index in [0.29, 0.717) is 5.52 Å². The van der Waals surface area contributed by atoms with Crippen molar-refractivity contribution in [3.63, 3.8) is 0 Å². The molecule has 0 spiro atoms. The largest absolute Gasteiger partial charge is 0.397 e. The molecule has 4 aromatic rings. The first-order chi connectivity index (χ1) is 11.5. The van der Waals surface area contributed by atoms with Crippen LogP contribution in [0.1, 0.15) is 5.01 Å². The van der Waals surface area contributed by atoms with Crippen molar-refractivity contribution in [2.75, 3.05) is 5.73 Å². The third-order valence-corrected chi connectivity index (χ3v) is 6.83. The van der Waals surface area contributed by atoms with E-state index in [1.165, 1.54) is 11.3 Å². The Hall–Kier alpha value is -2.44. The molecule has 0 atom stereocenters. The highest BCUT2D eigenvalue weighted by Gasteiger charge is 2.27. The third kappa shape index (κ3) is 2.11. The van der Waals surface area contributed by atoms with Crippen LogP contribution in [0.3, 0.4) is 0 Å². The maximum atomic E-state index is 13.2. The molecule has 0 saturated heterocycles. The van der Waals surface area contributed by atoms with E-state index in [-0.39, 0.29) is 15.5 Å². The molecule has 0 unspecified atom stereocenters. The average molecular weight is 354 g/mol. The van der Waals surface area contributed by atoms with Gasteiger partial charge in [0.25, 0.3) is 0 Å². The summed E-state index contributed by atoms with van der Waals surface area (Å²) in [5.74, 6) is 0. The monoisotopic (exact) mass is 354 g/mol. The van der Waals surface area contributed by atoms with Gasteiger partial charge in [0, 0.05) is 10.8 Å². The van der Waals surface area contributed by atoms with Crippen molar-refractivity contribution >= 4 is 47.9 Å². The minimum atomic E-state index is -3.76. The first-order valence-electron chi connectivity index (χ1n) is 7.37. The number of aromatic nitrogens is 1. The second kappa shape index (κ2) is 5.29. The van der Waals surface area contributed by atoms with Crippen molar-refractivity contribution in [1.82, 2.24) is 4.98 Å². The molecule has 0 fully saturated rings. The van der Waals surface area contributed by atoms with Gasteiger partial charge in [-0.25, -0.2) is 13.4 Å². The van der Waals surface area contributed by atoms with E-state index in [0.717, 1.165) is 20.5 Å². The summed E-state index contributed by atoms with van der Waals surface area (Å²) in [6, 6.07) is 15.9. The minimum Gasteiger partial charge on any atom is -0.397 e. The summed E-state index contributed by atoms with van der Waals surface area (Å²) >= 11 is 1.48. The van der Waals surface area contributed by atoms with Crippen LogP contribution in [0.5, 0.6) is 0 Å². The summed E-state index contributed by atoms with van der Waals surface area (Å²) in [5, 5.41) is 2.48. The zero-order valence-electron chi connectivity index (χ0n) is 12.9. The zero-order chi connectivity index (χ0) is 16.9. The van der Waals surface area contributed by atoms with E-state index in [1.807, 2.05) is 31.2 Å². The summed E-state index contributed by atoms with van der Waals surface area (Å²) in [6.45, 7) is 1.87. The van der Waals surface area contributed by atoms with Gasteiger partial charge in [0.2, 0.25) is 9.84 Å². The summed E-state index contributed by atoms with van der Waals surface area (Å²) in [5.41, 5.74) is 7.02. The van der Waals surface area contributed by atoms with Gasteiger partial charge >= 0.3 is 0 Å². The molecular formula is C18H14N2O2S2. The van der Waals surface area contributed by atoms with Gasteiger partial charge in [0.15, 0.2) is 0 Å². The Kier molecular flexibility index (Phi) is 3.33. The second-order valence-corrected chi connectivity index (χ2v) is 8.61. The molecule has 4 rings (SSSR count). The number of nitrogens with two attached hydrogens (primary N) is 1. The Balaban J connectivity index is 2.21. The second-order valence-electron chi connectivity index (χ2n) is 5.52. The number of aryl methyl sites for hydroxylation is 1. The van der Waals surface area contributed by atoms with Gasteiger partial charge in [-0.15, -0.1) is 11.3 Å². The Morgan fingerprint density at radius 3 is 2.29 bits per heavy atom. The van der Waals surface area contributed by atoms with Crippen LogP contribution in [0.2, 0.25) is 0 Å². The lowest BCUT2D eigenvalue weighted by molar-refractivity contribution is 0.597. The molecule has 0 amide bonds. The van der Waals surface area contributed by atoms with E-state index in [4.69, 9.17) is 5.73 Å². The SMILES string of the molecule is Cc1nc2c(S(=O)(=O)c3ccccc3)c(N)c3ccccc3c2s1. The van der Waals surface area contributed by atoms with Gasteiger partial charge in [-0.3, -0.25) is 0 Å². The third-order valence-electron chi connectivity index (χ3n) is 3.98. The lowest BCUT2D eigenvalue weighted by atomic mass is 10.1. The summed E-state index contributed by atoms with van der Waals surface area (Å²) in [4.78, 5) is 4.80. The van der Waals surface area contributed by atoms with Gasteiger partial charge < -0.3 is 5.73 Å². The standard InChI is InChI=1S/C18H14N2O2S2/c1-11-20-16-17(23-11)14-10-6-5-9-13(14)15(19)18(16)24(21,22)12-7-3-2-4-8-12/h2-10H,19H2,1H3. The molecular weight excluding hydrogens is 340 g/mol. The molecule has 4 nitrogen and oxygen atoms in total. The highest BCUT2D eigenvalue weighted by atomic mass is 32.2. The number of fused-ring (bicyclic) bond motifs is 3. The molecule has 0 radical (unpaired) electrons. The van der Waals surface area contributed by atoms with Crippen molar-refractivity contribution in [1.29, 1.82) is 0 Å². The maximum absolute atomic E-state index is 13.2. The van der Waals surface area contributed by atoms with Crippen LogP contribution >= 0.6 is 11.3 Å². The van der Waals surface area contributed by atoms with Crippen molar-refractivity contribution in [3.05, 3.63) is 59.6 Å². The minimum absolute atomic E-state index is 0.103. The van der Waals surface area contributed by atoms with Crippen molar-refractivity contribution in [3.8, 4) is 0 Å². The molecule has 0 aliphatic carbocycles. The molecule has 0 aliphatic rings. The molecule has 24 heavy (non-hydrogen) atoms. The van der Waals surface area contributed by atoms with Crippen LogP contribution in [0.4, 0.5) is 5.69 Å². The predicted octanol–water partition coefficient (Wildman–Crippen LogP) is 4.17. The zero-order valence-corrected chi connectivity index (χ0v) is 14.5. The number of nitrogen functional groups attached to an aromatic ring is 1. The van der Waals surface area contributed by atoms with Gasteiger partial charge in [0.05, 0.1) is 20.3 Å². The van der Waals surface area contributed by atoms with Crippen molar-refractivity contribution in [2.45, 2.75) is 16.7 Å². The molecule has 1 aromatic heterocycles. The van der Waals surface area contributed by atoms with Crippen LogP contribution in [0, 0.1) is 6.92 Å². The molecule has 0 bridgehead atoms. The van der Waals surface area contributed by atoms with Crippen LogP contribution < -0.4 is 5.73 Å². The summed E-state index contributed by atoms with van der Waals surface area (Å²) in [7, 11) is -3.76. The molecule has 6 heteroatoms. The van der Waals surface area contributed by atoms with E-state index >= 15 is 0 Å². The number of thiazole rings is 1.